The summed E-state index contributed by atoms with van der Waals surface area (Å²) >= 11 is 0. The van der Waals surface area contributed by atoms with Gasteiger partial charge in [-0.15, -0.1) is 0 Å². The molecule has 0 saturated heterocycles. The summed E-state index contributed by atoms with van der Waals surface area (Å²) in [4.78, 5) is 0. The lowest BCUT2D eigenvalue weighted by atomic mass is 9.95. The van der Waals surface area contributed by atoms with Crippen molar-refractivity contribution in [2.45, 2.75) is 45.6 Å². The van der Waals surface area contributed by atoms with Gasteiger partial charge in [-0.1, -0.05) is 36.2 Å². The van der Waals surface area contributed by atoms with Crippen molar-refractivity contribution in [3.8, 4) is 0 Å². The zero-order chi connectivity index (χ0) is 11.4. The first-order valence-corrected chi connectivity index (χ1v) is 6.46. The summed E-state index contributed by atoms with van der Waals surface area (Å²) in [6.07, 6.45) is 5.61. The van der Waals surface area contributed by atoms with Crippen molar-refractivity contribution < 1.29 is 4.74 Å². The third-order valence-corrected chi connectivity index (χ3v) is 3.59. The minimum Gasteiger partial charge on any atom is -0.378 e. The Labute approximate surface area is 98.8 Å². The lowest BCUT2D eigenvalue weighted by molar-refractivity contribution is 0.0363. The van der Waals surface area contributed by atoms with Gasteiger partial charge in [-0.2, -0.15) is 0 Å². The van der Waals surface area contributed by atoms with Crippen molar-refractivity contribution in [2.75, 3.05) is 6.61 Å². The third kappa shape index (κ3) is 2.85. The Morgan fingerprint density at radius 2 is 1.94 bits per heavy atom. The third-order valence-electron chi connectivity index (χ3n) is 3.59. The Bertz CT molecular complexity index is 315. The van der Waals surface area contributed by atoms with Gasteiger partial charge in [-0.3, -0.25) is 0 Å². The van der Waals surface area contributed by atoms with Crippen LogP contribution in [0, 0.1) is 12.8 Å². The molecule has 2 unspecified atom stereocenters. The fraction of sp³-hybridized carbons (Fsp3) is 0.600. The molecule has 16 heavy (non-hydrogen) atoms. The quantitative estimate of drug-likeness (QED) is 0.748. The largest absolute Gasteiger partial charge is 0.378 e. The smallest absolute Gasteiger partial charge is 0.0606 e. The fourth-order valence-electron chi connectivity index (χ4n) is 2.70. The minimum absolute atomic E-state index is 0.506. The van der Waals surface area contributed by atoms with E-state index < -0.39 is 0 Å². The molecule has 2 atom stereocenters. The Morgan fingerprint density at radius 3 is 2.62 bits per heavy atom. The van der Waals surface area contributed by atoms with Crippen molar-refractivity contribution in [3.05, 3.63) is 35.4 Å². The monoisotopic (exact) mass is 218 g/mol. The van der Waals surface area contributed by atoms with Gasteiger partial charge in [-0.25, -0.2) is 0 Å². The lowest BCUT2D eigenvalue weighted by Gasteiger charge is -2.19. The summed E-state index contributed by atoms with van der Waals surface area (Å²) in [5.41, 5.74) is 2.80. The predicted molar refractivity (Wildman–Crippen MR) is 67.6 cm³/mol. The van der Waals surface area contributed by atoms with Crippen LogP contribution in [0.1, 0.15) is 37.3 Å². The lowest BCUT2D eigenvalue weighted by Crippen LogP contribution is -2.20. The van der Waals surface area contributed by atoms with Crippen LogP contribution in [0.25, 0.3) is 0 Å². The molecule has 0 radical (unpaired) electrons. The molecule has 0 amide bonds. The maximum absolute atomic E-state index is 5.81. The minimum atomic E-state index is 0.506. The number of rotatable bonds is 4. The first-order valence-electron chi connectivity index (χ1n) is 6.46. The van der Waals surface area contributed by atoms with E-state index >= 15 is 0 Å². The van der Waals surface area contributed by atoms with Crippen LogP contribution in [0.3, 0.4) is 0 Å². The van der Waals surface area contributed by atoms with E-state index in [1.54, 1.807) is 0 Å². The molecule has 0 aromatic heterocycles. The molecule has 0 aliphatic heterocycles. The van der Waals surface area contributed by atoms with Crippen molar-refractivity contribution in [3.63, 3.8) is 0 Å². The molecule has 1 aliphatic rings. The fourth-order valence-corrected chi connectivity index (χ4v) is 2.70. The Hall–Kier alpha value is -0.820. The number of aryl methyl sites for hydroxylation is 1. The van der Waals surface area contributed by atoms with Crippen LogP contribution in [0.2, 0.25) is 0 Å². The van der Waals surface area contributed by atoms with Crippen LogP contribution in [0.15, 0.2) is 24.3 Å². The molecule has 0 bridgehead atoms. The van der Waals surface area contributed by atoms with Gasteiger partial charge in [0.25, 0.3) is 0 Å². The molecule has 0 N–H and O–H groups in total. The van der Waals surface area contributed by atoms with E-state index in [9.17, 15) is 0 Å². The number of benzene rings is 1. The molecule has 1 aliphatic carbocycles. The van der Waals surface area contributed by atoms with E-state index in [2.05, 4.69) is 38.1 Å². The van der Waals surface area contributed by atoms with E-state index in [0.717, 1.165) is 12.5 Å². The molecule has 1 fully saturated rings. The van der Waals surface area contributed by atoms with Gasteiger partial charge in [0.15, 0.2) is 0 Å². The van der Waals surface area contributed by atoms with Crippen LogP contribution in [-0.4, -0.2) is 12.7 Å². The van der Waals surface area contributed by atoms with E-state index in [0.29, 0.717) is 6.10 Å². The van der Waals surface area contributed by atoms with Crippen LogP contribution in [0.4, 0.5) is 0 Å². The van der Waals surface area contributed by atoms with Crippen LogP contribution in [0.5, 0.6) is 0 Å². The zero-order valence-electron chi connectivity index (χ0n) is 10.4. The second-order valence-corrected chi connectivity index (χ2v) is 4.87. The second-order valence-electron chi connectivity index (χ2n) is 4.87. The number of hydrogen-bond donors (Lipinski definition) is 0. The Morgan fingerprint density at radius 1 is 1.19 bits per heavy atom. The molecular weight excluding hydrogens is 196 g/mol. The number of ether oxygens (including phenoxy) is 1. The van der Waals surface area contributed by atoms with Gasteiger partial charge in [-0.05, 0) is 44.6 Å². The molecular formula is C15H22O. The molecule has 88 valence electrons. The molecule has 1 aromatic carbocycles. The highest BCUT2D eigenvalue weighted by molar-refractivity contribution is 5.22. The molecule has 1 aromatic rings. The first-order chi connectivity index (χ1) is 7.79. The Balaban J connectivity index is 1.95. The summed E-state index contributed by atoms with van der Waals surface area (Å²) in [5.74, 6) is 0.739. The van der Waals surface area contributed by atoms with Gasteiger partial charge in [0.05, 0.1) is 6.10 Å². The van der Waals surface area contributed by atoms with Crippen LogP contribution < -0.4 is 0 Å². The summed E-state index contributed by atoms with van der Waals surface area (Å²) < 4.78 is 5.81. The molecule has 1 heteroatoms. The second kappa shape index (κ2) is 5.49. The molecule has 0 heterocycles. The maximum atomic E-state index is 5.81. The van der Waals surface area contributed by atoms with Crippen molar-refractivity contribution in [1.29, 1.82) is 0 Å². The average molecular weight is 218 g/mol. The highest BCUT2D eigenvalue weighted by Gasteiger charge is 2.27. The van der Waals surface area contributed by atoms with Gasteiger partial charge >= 0.3 is 0 Å². The van der Waals surface area contributed by atoms with Gasteiger partial charge in [0, 0.05) is 6.61 Å². The molecule has 1 saturated carbocycles. The van der Waals surface area contributed by atoms with Gasteiger partial charge in [0.2, 0.25) is 0 Å². The molecule has 1 nitrogen and oxygen atoms in total. The van der Waals surface area contributed by atoms with E-state index in [1.165, 1.54) is 36.8 Å². The summed E-state index contributed by atoms with van der Waals surface area (Å²) in [7, 11) is 0. The predicted octanol–water partition coefficient (Wildman–Crippen LogP) is 3.74. The summed E-state index contributed by atoms with van der Waals surface area (Å²) in [6.45, 7) is 5.10. The zero-order valence-corrected chi connectivity index (χ0v) is 10.4. The normalized spacial score (nSPS) is 24.9. The average Bonchev–Trinajstić information content (AvgIpc) is 2.70. The van der Waals surface area contributed by atoms with Crippen molar-refractivity contribution in [2.24, 2.45) is 5.92 Å². The molecule has 0 spiro atoms. The topological polar surface area (TPSA) is 9.23 Å². The Kier molecular flexibility index (Phi) is 4.00. The highest BCUT2D eigenvalue weighted by atomic mass is 16.5. The van der Waals surface area contributed by atoms with E-state index in [4.69, 9.17) is 4.74 Å². The van der Waals surface area contributed by atoms with Crippen LogP contribution in [-0.2, 0) is 11.2 Å². The molecule has 2 rings (SSSR count). The van der Waals surface area contributed by atoms with E-state index in [-0.39, 0.29) is 0 Å². The summed E-state index contributed by atoms with van der Waals surface area (Å²) in [5, 5.41) is 0. The highest BCUT2D eigenvalue weighted by Crippen LogP contribution is 2.31. The van der Waals surface area contributed by atoms with Crippen LogP contribution >= 0.6 is 0 Å². The van der Waals surface area contributed by atoms with Gasteiger partial charge in [0.1, 0.15) is 0 Å². The number of hydrogen-bond acceptors (Lipinski definition) is 1. The maximum Gasteiger partial charge on any atom is 0.0606 e. The SMILES string of the molecule is CCOC1CCCC1Cc1ccc(C)cc1. The first kappa shape index (κ1) is 11.7. The van der Waals surface area contributed by atoms with Crippen molar-refractivity contribution in [1.82, 2.24) is 0 Å². The summed E-state index contributed by atoms with van der Waals surface area (Å²) in [6, 6.07) is 8.94. The van der Waals surface area contributed by atoms with E-state index in [1.807, 2.05) is 0 Å². The standard InChI is InChI=1S/C15H22O/c1-3-16-15-6-4-5-14(15)11-13-9-7-12(2)8-10-13/h7-10,14-15H,3-6,11H2,1-2H3. The van der Waals surface area contributed by atoms with Crippen molar-refractivity contribution >= 4 is 0 Å². The van der Waals surface area contributed by atoms with Gasteiger partial charge < -0.3 is 4.74 Å².